The van der Waals surface area contributed by atoms with E-state index >= 15 is 0 Å². The minimum absolute atomic E-state index is 0.0272. The molecular formula is C10H10IN3O3. The van der Waals surface area contributed by atoms with E-state index < -0.39 is 4.92 Å². The topological polar surface area (TPSA) is 84.3 Å². The van der Waals surface area contributed by atoms with Gasteiger partial charge in [-0.2, -0.15) is 0 Å². The lowest BCUT2D eigenvalue weighted by Gasteiger charge is -2.13. The van der Waals surface area contributed by atoms with Gasteiger partial charge in [-0.1, -0.05) is 0 Å². The predicted molar refractivity (Wildman–Crippen MR) is 70.9 cm³/mol. The molecule has 2 N–H and O–H groups in total. The number of hydrogen-bond acceptors (Lipinski definition) is 4. The second-order valence-corrected chi connectivity index (χ2v) is 4.93. The fourth-order valence-corrected chi connectivity index (χ4v) is 2.32. The first-order valence-electron chi connectivity index (χ1n) is 5.03. The van der Waals surface area contributed by atoms with E-state index in [1.54, 1.807) is 6.07 Å². The molecular weight excluding hydrogens is 337 g/mol. The highest BCUT2D eigenvalue weighted by Gasteiger charge is 2.22. The number of nitro benzene ring substituents is 1. The van der Waals surface area contributed by atoms with Gasteiger partial charge in [-0.05, 0) is 28.7 Å². The van der Waals surface area contributed by atoms with Crippen molar-refractivity contribution < 1.29 is 9.72 Å². The first kappa shape index (κ1) is 12.1. The van der Waals surface area contributed by atoms with Crippen LogP contribution in [-0.4, -0.2) is 23.4 Å². The van der Waals surface area contributed by atoms with Crippen molar-refractivity contribution in [2.45, 2.75) is 12.5 Å². The van der Waals surface area contributed by atoms with Gasteiger partial charge < -0.3 is 10.6 Å². The van der Waals surface area contributed by atoms with Gasteiger partial charge >= 0.3 is 0 Å². The van der Waals surface area contributed by atoms with Gasteiger partial charge in [0.05, 0.1) is 11.0 Å². The number of rotatable bonds is 3. The Bertz CT molecular complexity index is 478. The lowest BCUT2D eigenvalue weighted by molar-refractivity contribution is -0.384. The summed E-state index contributed by atoms with van der Waals surface area (Å²) in [7, 11) is 0. The number of nitrogens with zero attached hydrogens (tertiary/aromatic N) is 1. The molecule has 0 spiro atoms. The molecule has 1 aromatic rings. The summed E-state index contributed by atoms with van der Waals surface area (Å²) in [6.45, 7) is 0.589. The average Bonchev–Trinajstić information content (AvgIpc) is 2.67. The molecule has 0 saturated carbocycles. The predicted octanol–water partition coefficient (Wildman–Crippen LogP) is 1.50. The van der Waals surface area contributed by atoms with Crippen molar-refractivity contribution in [3.63, 3.8) is 0 Å². The first-order valence-corrected chi connectivity index (χ1v) is 6.11. The summed E-state index contributed by atoms with van der Waals surface area (Å²) in [5, 5.41) is 16.5. The average molecular weight is 347 g/mol. The number of non-ortho nitro benzene ring substituents is 1. The number of benzene rings is 1. The third-order valence-electron chi connectivity index (χ3n) is 2.50. The van der Waals surface area contributed by atoms with E-state index in [-0.39, 0.29) is 17.6 Å². The smallest absolute Gasteiger partial charge is 0.270 e. The zero-order valence-electron chi connectivity index (χ0n) is 8.77. The summed E-state index contributed by atoms with van der Waals surface area (Å²) < 4.78 is 0.774. The minimum Gasteiger partial charge on any atom is -0.379 e. The van der Waals surface area contributed by atoms with Crippen molar-refractivity contribution in [3.05, 3.63) is 31.9 Å². The van der Waals surface area contributed by atoms with Crippen LogP contribution in [0.25, 0.3) is 0 Å². The third kappa shape index (κ3) is 2.84. The van der Waals surface area contributed by atoms with Crippen LogP contribution in [0.15, 0.2) is 18.2 Å². The Kier molecular flexibility index (Phi) is 3.46. The van der Waals surface area contributed by atoms with Crippen LogP contribution in [0.3, 0.4) is 0 Å². The lowest BCUT2D eigenvalue weighted by atomic mass is 10.2. The molecule has 0 bridgehead atoms. The number of carbonyl (C=O) groups is 1. The summed E-state index contributed by atoms with van der Waals surface area (Å²) in [5.74, 6) is 0.0272. The Balaban J connectivity index is 2.11. The van der Waals surface area contributed by atoms with E-state index in [1.165, 1.54) is 12.1 Å². The Morgan fingerprint density at radius 1 is 1.53 bits per heavy atom. The summed E-state index contributed by atoms with van der Waals surface area (Å²) in [4.78, 5) is 21.2. The molecule has 0 aromatic heterocycles. The summed E-state index contributed by atoms with van der Waals surface area (Å²) >= 11 is 2.04. The van der Waals surface area contributed by atoms with Gasteiger partial charge in [-0.3, -0.25) is 14.9 Å². The molecule has 1 aliphatic rings. The normalized spacial score (nSPS) is 18.9. The van der Waals surface area contributed by atoms with Crippen LogP contribution in [0, 0.1) is 13.7 Å². The maximum atomic E-state index is 11.0. The maximum Gasteiger partial charge on any atom is 0.270 e. The largest absolute Gasteiger partial charge is 0.379 e. The zero-order valence-corrected chi connectivity index (χ0v) is 10.9. The molecule has 7 heteroatoms. The number of nitrogens with one attached hydrogen (secondary N) is 2. The van der Waals surface area contributed by atoms with Crippen LogP contribution in [-0.2, 0) is 4.79 Å². The van der Waals surface area contributed by atoms with Gasteiger partial charge in [-0.15, -0.1) is 0 Å². The van der Waals surface area contributed by atoms with Crippen LogP contribution in [0.5, 0.6) is 0 Å². The van der Waals surface area contributed by atoms with Crippen molar-refractivity contribution in [2.75, 3.05) is 11.9 Å². The standard InChI is InChI=1S/C10H10IN3O3/c11-8-4-7(14(16)17)1-2-9(8)13-6-3-10(15)12-5-6/h1-2,4,6,13H,3,5H2,(H,12,15). The Labute approximate surface area is 111 Å². The van der Waals surface area contributed by atoms with Crippen molar-refractivity contribution >= 4 is 39.9 Å². The van der Waals surface area contributed by atoms with E-state index in [4.69, 9.17) is 0 Å². The van der Waals surface area contributed by atoms with Crippen LogP contribution in [0.1, 0.15) is 6.42 Å². The maximum absolute atomic E-state index is 11.0. The molecule has 0 radical (unpaired) electrons. The zero-order chi connectivity index (χ0) is 12.4. The van der Waals surface area contributed by atoms with E-state index in [0.717, 1.165) is 9.26 Å². The van der Waals surface area contributed by atoms with Crippen molar-refractivity contribution in [3.8, 4) is 0 Å². The summed E-state index contributed by atoms with van der Waals surface area (Å²) in [6, 6.07) is 4.68. The first-order chi connectivity index (χ1) is 8.06. The molecule has 90 valence electrons. The molecule has 17 heavy (non-hydrogen) atoms. The highest BCUT2D eigenvalue weighted by Crippen LogP contribution is 2.24. The quantitative estimate of drug-likeness (QED) is 0.493. The Hall–Kier alpha value is -1.38. The van der Waals surface area contributed by atoms with E-state index in [2.05, 4.69) is 10.6 Å². The fourth-order valence-electron chi connectivity index (χ4n) is 1.66. The molecule has 1 fully saturated rings. The van der Waals surface area contributed by atoms with Crippen LogP contribution in [0.2, 0.25) is 0 Å². The Morgan fingerprint density at radius 2 is 2.29 bits per heavy atom. The van der Waals surface area contributed by atoms with Gasteiger partial charge in [0.25, 0.3) is 5.69 Å². The fraction of sp³-hybridized carbons (Fsp3) is 0.300. The monoisotopic (exact) mass is 347 g/mol. The summed E-state index contributed by atoms with van der Waals surface area (Å²) in [5.41, 5.74) is 0.887. The lowest BCUT2D eigenvalue weighted by Crippen LogP contribution is -2.22. The highest BCUT2D eigenvalue weighted by molar-refractivity contribution is 14.1. The molecule has 1 unspecified atom stereocenters. The van der Waals surface area contributed by atoms with Crippen molar-refractivity contribution in [1.29, 1.82) is 0 Å². The van der Waals surface area contributed by atoms with Gasteiger partial charge in [-0.25, -0.2) is 0 Å². The SMILES string of the molecule is O=C1CC(Nc2ccc([N+](=O)[O-])cc2I)CN1. The molecule has 1 aliphatic heterocycles. The van der Waals surface area contributed by atoms with E-state index in [1.807, 2.05) is 22.6 Å². The number of carbonyl (C=O) groups excluding carboxylic acids is 1. The number of nitro groups is 1. The summed E-state index contributed by atoms with van der Waals surface area (Å²) in [6.07, 6.45) is 0.438. The van der Waals surface area contributed by atoms with Crippen LogP contribution in [0.4, 0.5) is 11.4 Å². The minimum atomic E-state index is -0.424. The van der Waals surface area contributed by atoms with Crippen LogP contribution < -0.4 is 10.6 Å². The van der Waals surface area contributed by atoms with Gasteiger partial charge in [0.15, 0.2) is 0 Å². The Morgan fingerprint density at radius 3 is 2.82 bits per heavy atom. The molecule has 1 heterocycles. The number of amides is 1. The second kappa shape index (κ2) is 4.86. The third-order valence-corrected chi connectivity index (χ3v) is 3.39. The number of hydrogen-bond donors (Lipinski definition) is 2. The highest BCUT2D eigenvalue weighted by atomic mass is 127. The molecule has 1 saturated heterocycles. The molecule has 2 rings (SSSR count). The van der Waals surface area contributed by atoms with Crippen molar-refractivity contribution in [2.24, 2.45) is 0 Å². The van der Waals surface area contributed by atoms with E-state index in [0.29, 0.717) is 13.0 Å². The van der Waals surface area contributed by atoms with Gasteiger partial charge in [0, 0.05) is 34.4 Å². The molecule has 1 amide bonds. The second-order valence-electron chi connectivity index (χ2n) is 3.77. The van der Waals surface area contributed by atoms with Crippen molar-refractivity contribution in [1.82, 2.24) is 5.32 Å². The molecule has 0 aliphatic carbocycles. The van der Waals surface area contributed by atoms with Gasteiger partial charge in [0.2, 0.25) is 5.91 Å². The molecule has 6 nitrogen and oxygen atoms in total. The molecule has 1 atom stereocenters. The molecule has 1 aromatic carbocycles. The van der Waals surface area contributed by atoms with Crippen LogP contribution >= 0.6 is 22.6 Å². The number of anilines is 1. The van der Waals surface area contributed by atoms with Gasteiger partial charge in [0.1, 0.15) is 0 Å². The van der Waals surface area contributed by atoms with E-state index in [9.17, 15) is 14.9 Å². The number of halogens is 1.